The number of aliphatic hydroxyl groups is 1. The van der Waals surface area contributed by atoms with Crippen molar-refractivity contribution in [3.05, 3.63) is 29.6 Å². The Hall–Kier alpha value is -1.13. The highest BCUT2D eigenvalue weighted by Gasteiger charge is 2.26. The minimum atomic E-state index is -0.200. The van der Waals surface area contributed by atoms with Gasteiger partial charge in [0.05, 0.1) is 12.6 Å². The van der Waals surface area contributed by atoms with E-state index in [2.05, 4.69) is 24.1 Å². The van der Waals surface area contributed by atoms with E-state index in [9.17, 15) is 9.50 Å². The smallest absolute Gasteiger partial charge is 0.123 e. The molecule has 2 atom stereocenters. The van der Waals surface area contributed by atoms with E-state index in [0.29, 0.717) is 0 Å². The molecule has 0 saturated carbocycles. The lowest BCUT2D eigenvalue weighted by Crippen LogP contribution is -2.34. The van der Waals surface area contributed by atoms with E-state index in [1.165, 1.54) is 6.07 Å². The van der Waals surface area contributed by atoms with Crippen LogP contribution in [0.3, 0.4) is 0 Å². The first-order chi connectivity index (χ1) is 9.67. The van der Waals surface area contributed by atoms with Crippen molar-refractivity contribution in [2.24, 2.45) is 0 Å². The molecule has 1 aliphatic rings. The standard InChI is InChI=1S/C16H25FN2O/c1-3-8-18-12(2)15-10-13(17)6-7-16(15)19-9-4-5-14(19)11-20/h6-7,10,12,14,18,20H,3-5,8-9,11H2,1-2H3. The summed E-state index contributed by atoms with van der Waals surface area (Å²) in [4.78, 5) is 2.22. The molecule has 2 unspecified atom stereocenters. The Kier molecular flexibility index (Phi) is 5.38. The summed E-state index contributed by atoms with van der Waals surface area (Å²) in [5.74, 6) is -0.200. The van der Waals surface area contributed by atoms with Crippen molar-refractivity contribution in [3.63, 3.8) is 0 Å². The average Bonchev–Trinajstić information content (AvgIpc) is 2.92. The Bertz CT molecular complexity index is 438. The number of anilines is 1. The van der Waals surface area contributed by atoms with Crippen LogP contribution in [0.25, 0.3) is 0 Å². The molecule has 1 saturated heterocycles. The largest absolute Gasteiger partial charge is 0.394 e. The van der Waals surface area contributed by atoms with Gasteiger partial charge in [-0.1, -0.05) is 6.92 Å². The zero-order valence-corrected chi connectivity index (χ0v) is 12.4. The highest BCUT2D eigenvalue weighted by molar-refractivity contribution is 5.56. The van der Waals surface area contributed by atoms with Gasteiger partial charge < -0.3 is 15.3 Å². The number of aliphatic hydroxyl groups excluding tert-OH is 1. The SMILES string of the molecule is CCCNC(C)c1cc(F)ccc1N1CCCC1CO. The van der Waals surface area contributed by atoms with Crippen LogP contribution in [-0.2, 0) is 0 Å². The number of benzene rings is 1. The van der Waals surface area contributed by atoms with Gasteiger partial charge in [0.2, 0.25) is 0 Å². The van der Waals surface area contributed by atoms with Crippen molar-refractivity contribution < 1.29 is 9.50 Å². The maximum Gasteiger partial charge on any atom is 0.123 e. The fourth-order valence-electron chi connectivity index (χ4n) is 2.95. The normalized spacial score (nSPS) is 20.4. The van der Waals surface area contributed by atoms with Gasteiger partial charge in [0.15, 0.2) is 0 Å². The molecule has 3 nitrogen and oxygen atoms in total. The maximum atomic E-state index is 13.6. The van der Waals surface area contributed by atoms with Gasteiger partial charge in [-0.2, -0.15) is 0 Å². The molecule has 112 valence electrons. The second-order valence-electron chi connectivity index (χ2n) is 5.55. The third-order valence-electron chi connectivity index (χ3n) is 4.05. The zero-order chi connectivity index (χ0) is 14.5. The third-order valence-corrected chi connectivity index (χ3v) is 4.05. The van der Waals surface area contributed by atoms with Crippen LogP contribution in [0, 0.1) is 5.82 Å². The summed E-state index contributed by atoms with van der Waals surface area (Å²) in [7, 11) is 0. The second-order valence-corrected chi connectivity index (χ2v) is 5.55. The Balaban J connectivity index is 2.27. The second kappa shape index (κ2) is 7.04. The predicted molar refractivity (Wildman–Crippen MR) is 80.6 cm³/mol. The fourth-order valence-corrected chi connectivity index (χ4v) is 2.95. The quantitative estimate of drug-likeness (QED) is 0.841. The van der Waals surface area contributed by atoms with Gasteiger partial charge in [-0.25, -0.2) is 4.39 Å². The van der Waals surface area contributed by atoms with Crippen molar-refractivity contribution in [2.45, 2.75) is 45.2 Å². The zero-order valence-electron chi connectivity index (χ0n) is 12.4. The lowest BCUT2D eigenvalue weighted by atomic mass is 10.0. The van der Waals surface area contributed by atoms with Gasteiger partial charge in [-0.3, -0.25) is 0 Å². The summed E-state index contributed by atoms with van der Waals surface area (Å²) < 4.78 is 13.6. The van der Waals surface area contributed by atoms with Gasteiger partial charge >= 0.3 is 0 Å². The Labute approximate surface area is 120 Å². The Morgan fingerprint density at radius 1 is 1.50 bits per heavy atom. The van der Waals surface area contributed by atoms with Crippen LogP contribution in [0.4, 0.5) is 10.1 Å². The highest BCUT2D eigenvalue weighted by Crippen LogP contribution is 2.32. The first-order valence-corrected chi connectivity index (χ1v) is 7.57. The maximum absolute atomic E-state index is 13.6. The van der Waals surface area contributed by atoms with Crippen LogP contribution >= 0.6 is 0 Å². The fraction of sp³-hybridized carbons (Fsp3) is 0.625. The molecule has 1 aromatic carbocycles. The topological polar surface area (TPSA) is 35.5 Å². The minimum Gasteiger partial charge on any atom is -0.394 e. The van der Waals surface area contributed by atoms with E-state index >= 15 is 0 Å². The molecule has 4 heteroatoms. The molecule has 20 heavy (non-hydrogen) atoms. The Morgan fingerprint density at radius 2 is 2.30 bits per heavy atom. The van der Waals surface area contributed by atoms with Gasteiger partial charge in [-0.15, -0.1) is 0 Å². The molecular weight excluding hydrogens is 255 g/mol. The molecule has 0 bridgehead atoms. The first kappa shape index (κ1) is 15.3. The Morgan fingerprint density at radius 3 is 3.00 bits per heavy atom. The van der Waals surface area contributed by atoms with Gasteiger partial charge in [0.25, 0.3) is 0 Å². The number of hydrogen-bond donors (Lipinski definition) is 2. The van der Waals surface area contributed by atoms with Gasteiger partial charge in [-0.05, 0) is 56.5 Å². The molecule has 1 fully saturated rings. The van der Waals surface area contributed by atoms with Crippen molar-refractivity contribution in [2.75, 3.05) is 24.6 Å². The van der Waals surface area contributed by atoms with Crippen molar-refractivity contribution in [1.82, 2.24) is 5.32 Å². The number of hydrogen-bond acceptors (Lipinski definition) is 3. The molecule has 0 radical (unpaired) electrons. The van der Waals surface area contributed by atoms with Crippen LogP contribution < -0.4 is 10.2 Å². The van der Waals surface area contributed by atoms with Crippen LogP contribution in [-0.4, -0.2) is 30.8 Å². The van der Waals surface area contributed by atoms with E-state index in [4.69, 9.17) is 0 Å². The van der Waals surface area contributed by atoms with Crippen molar-refractivity contribution in [1.29, 1.82) is 0 Å². The van der Waals surface area contributed by atoms with E-state index in [1.807, 2.05) is 6.07 Å². The van der Waals surface area contributed by atoms with Gasteiger partial charge in [0.1, 0.15) is 5.82 Å². The van der Waals surface area contributed by atoms with Crippen molar-refractivity contribution in [3.8, 4) is 0 Å². The molecule has 1 aliphatic heterocycles. The summed E-state index contributed by atoms with van der Waals surface area (Å²) in [6, 6.07) is 5.26. The molecule has 1 heterocycles. The summed E-state index contributed by atoms with van der Waals surface area (Å²) >= 11 is 0. The van der Waals surface area contributed by atoms with Crippen LogP contribution in [0.1, 0.15) is 44.7 Å². The summed E-state index contributed by atoms with van der Waals surface area (Å²) in [5.41, 5.74) is 2.04. The number of nitrogens with one attached hydrogen (secondary N) is 1. The lowest BCUT2D eigenvalue weighted by molar-refractivity contribution is 0.266. The molecule has 0 spiro atoms. The van der Waals surface area contributed by atoms with E-state index in [1.54, 1.807) is 6.07 Å². The molecule has 2 rings (SSSR count). The van der Waals surface area contributed by atoms with E-state index in [-0.39, 0.29) is 24.5 Å². The minimum absolute atomic E-state index is 0.112. The average molecular weight is 280 g/mol. The van der Waals surface area contributed by atoms with Crippen LogP contribution in [0.5, 0.6) is 0 Å². The lowest BCUT2D eigenvalue weighted by Gasteiger charge is -2.29. The molecular formula is C16H25FN2O. The molecule has 0 aliphatic carbocycles. The van der Waals surface area contributed by atoms with Gasteiger partial charge in [0, 0.05) is 18.3 Å². The number of nitrogens with zero attached hydrogens (tertiary/aromatic N) is 1. The summed E-state index contributed by atoms with van der Waals surface area (Å²) in [5, 5.41) is 12.9. The number of halogens is 1. The monoisotopic (exact) mass is 280 g/mol. The molecule has 1 aromatic rings. The van der Waals surface area contributed by atoms with E-state index < -0.39 is 0 Å². The van der Waals surface area contributed by atoms with Crippen LogP contribution in [0.15, 0.2) is 18.2 Å². The number of rotatable bonds is 6. The molecule has 0 aromatic heterocycles. The summed E-state index contributed by atoms with van der Waals surface area (Å²) in [6.07, 6.45) is 3.14. The van der Waals surface area contributed by atoms with Crippen LogP contribution in [0.2, 0.25) is 0 Å². The summed E-state index contributed by atoms with van der Waals surface area (Å²) in [6.45, 7) is 6.20. The predicted octanol–water partition coefficient (Wildman–Crippen LogP) is 2.85. The van der Waals surface area contributed by atoms with E-state index in [0.717, 1.165) is 43.6 Å². The molecule has 2 N–H and O–H groups in total. The third kappa shape index (κ3) is 3.30. The molecule has 0 amide bonds. The van der Waals surface area contributed by atoms with Crippen molar-refractivity contribution >= 4 is 5.69 Å². The first-order valence-electron chi connectivity index (χ1n) is 7.57. The highest BCUT2D eigenvalue weighted by atomic mass is 19.1.